The Hall–Kier alpha value is -1.56. The lowest BCUT2D eigenvalue weighted by Crippen LogP contribution is -2.03. The number of rotatable bonds is 7. The van der Waals surface area contributed by atoms with Crippen molar-refractivity contribution in [1.82, 2.24) is 0 Å². The third-order valence-corrected chi connectivity index (χ3v) is 2.70. The SMILES string of the molecule is CCCCCCCNc1ccc(F)cc1C#N. The number of halogens is 1. The molecular formula is C14H19FN2. The quantitative estimate of drug-likeness (QED) is 0.721. The summed E-state index contributed by atoms with van der Waals surface area (Å²) in [4.78, 5) is 0. The minimum atomic E-state index is -0.366. The summed E-state index contributed by atoms with van der Waals surface area (Å²) in [5.41, 5.74) is 1.10. The fraction of sp³-hybridized carbons (Fsp3) is 0.500. The zero-order valence-electron chi connectivity index (χ0n) is 10.3. The molecule has 1 rings (SSSR count). The summed E-state index contributed by atoms with van der Waals surface area (Å²) in [5.74, 6) is -0.366. The van der Waals surface area contributed by atoms with E-state index in [0.29, 0.717) is 5.56 Å². The van der Waals surface area contributed by atoms with E-state index in [0.717, 1.165) is 18.7 Å². The second-order valence-corrected chi connectivity index (χ2v) is 4.14. The Labute approximate surface area is 102 Å². The molecule has 0 aliphatic rings. The lowest BCUT2D eigenvalue weighted by atomic mass is 10.1. The first kappa shape index (κ1) is 13.5. The van der Waals surface area contributed by atoms with Crippen LogP contribution in [0.2, 0.25) is 0 Å². The minimum Gasteiger partial charge on any atom is -0.384 e. The Bertz CT molecular complexity index is 382. The number of nitrogens with zero attached hydrogens (tertiary/aromatic N) is 1. The Balaban J connectivity index is 2.34. The standard InChI is InChI=1S/C14H19FN2/c1-2-3-4-5-6-9-17-14-8-7-13(15)10-12(14)11-16/h7-8,10,17H,2-6,9H2,1H3. The van der Waals surface area contributed by atoms with Gasteiger partial charge in [0.25, 0.3) is 0 Å². The fourth-order valence-corrected chi connectivity index (χ4v) is 1.71. The van der Waals surface area contributed by atoms with Crippen LogP contribution in [0.3, 0.4) is 0 Å². The number of hydrogen-bond donors (Lipinski definition) is 1. The predicted molar refractivity (Wildman–Crippen MR) is 68.4 cm³/mol. The molecule has 0 aliphatic heterocycles. The van der Waals surface area contributed by atoms with Crippen molar-refractivity contribution in [2.45, 2.75) is 39.0 Å². The van der Waals surface area contributed by atoms with Crippen LogP contribution in [0.5, 0.6) is 0 Å². The fourth-order valence-electron chi connectivity index (χ4n) is 1.71. The highest BCUT2D eigenvalue weighted by atomic mass is 19.1. The van der Waals surface area contributed by atoms with Crippen molar-refractivity contribution >= 4 is 5.69 Å². The molecule has 2 nitrogen and oxygen atoms in total. The van der Waals surface area contributed by atoms with Gasteiger partial charge in [0.05, 0.1) is 11.3 Å². The Morgan fingerprint density at radius 3 is 2.71 bits per heavy atom. The summed E-state index contributed by atoms with van der Waals surface area (Å²) in [6.45, 7) is 3.03. The van der Waals surface area contributed by atoms with Crippen LogP contribution in [0.1, 0.15) is 44.6 Å². The van der Waals surface area contributed by atoms with Crippen LogP contribution in [0.4, 0.5) is 10.1 Å². The number of anilines is 1. The molecule has 17 heavy (non-hydrogen) atoms. The van der Waals surface area contributed by atoms with E-state index in [1.54, 1.807) is 6.07 Å². The summed E-state index contributed by atoms with van der Waals surface area (Å²) in [5, 5.41) is 12.0. The average molecular weight is 234 g/mol. The van der Waals surface area contributed by atoms with Gasteiger partial charge in [-0.15, -0.1) is 0 Å². The average Bonchev–Trinajstić information content (AvgIpc) is 2.35. The van der Waals surface area contributed by atoms with E-state index in [-0.39, 0.29) is 5.82 Å². The highest BCUT2D eigenvalue weighted by Crippen LogP contribution is 2.16. The van der Waals surface area contributed by atoms with Gasteiger partial charge in [-0.05, 0) is 24.6 Å². The second kappa shape index (κ2) is 7.67. The highest BCUT2D eigenvalue weighted by Gasteiger charge is 2.02. The zero-order valence-corrected chi connectivity index (χ0v) is 10.3. The van der Waals surface area contributed by atoms with E-state index in [1.807, 2.05) is 6.07 Å². The van der Waals surface area contributed by atoms with Gasteiger partial charge in [-0.2, -0.15) is 5.26 Å². The first-order valence-electron chi connectivity index (χ1n) is 6.21. The van der Waals surface area contributed by atoms with Crippen molar-refractivity contribution in [2.75, 3.05) is 11.9 Å². The lowest BCUT2D eigenvalue weighted by molar-refractivity contribution is 0.627. The van der Waals surface area contributed by atoms with Gasteiger partial charge in [0.2, 0.25) is 0 Å². The molecule has 0 spiro atoms. The van der Waals surface area contributed by atoms with Crippen molar-refractivity contribution in [1.29, 1.82) is 5.26 Å². The lowest BCUT2D eigenvalue weighted by Gasteiger charge is -2.07. The highest BCUT2D eigenvalue weighted by molar-refractivity contribution is 5.57. The van der Waals surface area contributed by atoms with Gasteiger partial charge in [0.15, 0.2) is 0 Å². The number of nitriles is 1. The molecular weight excluding hydrogens is 215 g/mol. The van der Waals surface area contributed by atoms with E-state index in [9.17, 15) is 4.39 Å². The number of unbranched alkanes of at least 4 members (excludes halogenated alkanes) is 4. The summed E-state index contributed by atoms with van der Waals surface area (Å²) >= 11 is 0. The maximum atomic E-state index is 12.9. The number of hydrogen-bond acceptors (Lipinski definition) is 2. The van der Waals surface area contributed by atoms with Gasteiger partial charge >= 0.3 is 0 Å². The van der Waals surface area contributed by atoms with Crippen LogP contribution in [-0.2, 0) is 0 Å². The van der Waals surface area contributed by atoms with Crippen molar-refractivity contribution in [3.63, 3.8) is 0 Å². The van der Waals surface area contributed by atoms with Gasteiger partial charge in [-0.25, -0.2) is 4.39 Å². The van der Waals surface area contributed by atoms with Crippen LogP contribution in [0.15, 0.2) is 18.2 Å². The van der Waals surface area contributed by atoms with Crippen LogP contribution >= 0.6 is 0 Å². The van der Waals surface area contributed by atoms with Crippen LogP contribution in [-0.4, -0.2) is 6.54 Å². The molecule has 0 atom stereocenters. The summed E-state index contributed by atoms with van der Waals surface area (Å²) in [6.07, 6.45) is 6.06. The molecule has 0 bridgehead atoms. The number of nitrogens with one attached hydrogen (secondary N) is 1. The first-order chi connectivity index (χ1) is 8.27. The van der Waals surface area contributed by atoms with E-state index in [1.165, 1.54) is 37.8 Å². The van der Waals surface area contributed by atoms with E-state index in [2.05, 4.69) is 12.2 Å². The molecule has 3 heteroatoms. The van der Waals surface area contributed by atoms with Crippen molar-refractivity contribution in [3.8, 4) is 6.07 Å². The second-order valence-electron chi connectivity index (χ2n) is 4.14. The van der Waals surface area contributed by atoms with Gasteiger partial charge in [0.1, 0.15) is 11.9 Å². The third kappa shape index (κ3) is 4.86. The zero-order chi connectivity index (χ0) is 12.5. The molecule has 0 fully saturated rings. The van der Waals surface area contributed by atoms with E-state index >= 15 is 0 Å². The molecule has 0 amide bonds. The number of benzene rings is 1. The van der Waals surface area contributed by atoms with Crippen LogP contribution < -0.4 is 5.32 Å². The van der Waals surface area contributed by atoms with Crippen molar-refractivity contribution < 1.29 is 4.39 Å². The molecule has 1 N–H and O–H groups in total. The van der Waals surface area contributed by atoms with Crippen LogP contribution in [0.25, 0.3) is 0 Å². The Kier molecular flexibility index (Phi) is 6.09. The van der Waals surface area contributed by atoms with E-state index in [4.69, 9.17) is 5.26 Å². The minimum absolute atomic E-state index is 0.366. The van der Waals surface area contributed by atoms with Crippen molar-refractivity contribution in [2.24, 2.45) is 0 Å². The molecule has 0 saturated carbocycles. The Morgan fingerprint density at radius 1 is 1.24 bits per heavy atom. The molecule has 0 heterocycles. The first-order valence-corrected chi connectivity index (χ1v) is 6.21. The molecule has 0 radical (unpaired) electrons. The van der Waals surface area contributed by atoms with Crippen molar-refractivity contribution in [3.05, 3.63) is 29.6 Å². The third-order valence-electron chi connectivity index (χ3n) is 2.70. The molecule has 1 aromatic carbocycles. The molecule has 1 aromatic rings. The van der Waals surface area contributed by atoms with Gasteiger partial charge < -0.3 is 5.32 Å². The molecule has 0 aromatic heterocycles. The monoisotopic (exact) mass is 234 g/mol. The smallest absolute Gasteiger partial charge is 0.124 e. The Morgan fingerprint density at radius 2 is 2.00 bits per heavy atom. The normalized spacial score (nSPS) is 9.94. The largest absolute Gasteiger partial charge is 0.384 e. The molecule has 0 unspecified atom stereocenters. The summed E-state index contributed by atoms with van der Waals surface area (Å²) < 4.78 is 12.9. The van der Waals surface area contributed by atoms with Gasteiger partial charge in [-0.3, -0.25) is 0 Å². The molecule has 92 valence electrons. The van der Waals surface area contributed by atoms with Crippen LogP contribution in [0, 0.1) is 17.1 Å². The maximum Gasteiger partial charge on any atom is 0.124 e. The van der Waals surface area contributed by atoms with E-state index < -0.39 is 0 Å². The molecule has 0 saturated heterocycles. The topological polar surface area (TPSA) is 35.8 Å². The summed E-state index contributed by atoms with van der Waals surface area (Å²) in [7, 11) is 0. The predicted octanol–water partition coefficient (Wildman–Crippen LogP) is 4.08. The van der Waals surface area contributed by atoms with Gasteiger partial charge in [-0.1, -0.05) is 32.6 Å². The summed E-state index contributed by atoms with van der Waals surface area (Å²) in [6, 6.07) is 6.26. The maximum absolute atomic E-state index is 12.9. The van der Waals surface area contributed by atoms with Gasteiger partial charge in [0, 0.05) is 6.54 Å². The molecule has 0 aliphatic carbocycles.